The molecule has 17 heavy (non-hydrogen) atoms. The number of halogens is 1. The van der Waals surface area contributed by atoms with E-state index in [1.807, 2.05) is 31.2 Å². The summed E-state index contributed by atoms with van der Waals surface area (Å²) in [5, 5.41) is 2.91. The van der Waals surface area contributed by atoms with E-state index in [1.165, 1.54) is 0 Å². The summed E-state index contributed by atoms with van der Waals surface area (Å²) in [6.07, 6.45) is 0.800. The number of hydrogen-bond donors (Lipinski definition) is 1. The van der Waals surface area contributed by atoms with Crippen LogP contribution >= 0.6 is 11.6 Å². The Hall–Kier alpha value is -1.06. The Balaban J connectivity index is 2.02. The van der Waals surface area contributed by atoms with Gasteiger partial charge in [-0.3, -0.25) is 4.79 Å². The van der Waals surface area contributed by atoms with E-state index in [2.05, 4.69) is 5.32 Å². The maximum absolute atomic E-state index is 12.0. The smallest absolute Gasteiger partial charge is 0.230 e. The quantitative estimate of drug-likeness (QED) is 0.842. The van der Waals surface area contributed by atoms with Gasteiger partial charge in [-0.15, -0.1) is 11.6 Å². The highest BCUT2D eigenvalue weighted by Crippen LogP contribution is 2.22. The summed E-state index contributed by atoms with van der Waals surface area (Å²) in [4.78, 5) is 12.0. The van der Waals surface area contributed by atoms with Gasteiger partial charge in [-0.1, -0.05) is 12.1 Å². The standard InChI is InChI=1S/C13H16ClNO2/c1-9-12(5-6-17-9)13(16)15-11-4-2-3-10(7-11)8-14/h2-4,7,9,12H,5-6,8H2,1H3,(H,15,16). The second-order valence-corrected chi connectivity index (χ2v) is 4.56. The van der Waals surface area contributed by atoms with Gasteiger partial charge in [0.05, 0.1) is 12.0 Å². The molecule has 2 unspecified atom stereocenters. The van der Waals surface area contributed by atoms with Crippen LogP contribution in [0.3, 0.4) is 0 Å². The normalized spacial score (nSPS) is 23.6. The van der Waals surface area contributed by atoms with Crippen molar-refractivity contribution in [1.29, 1.82) is 0 Å². The molecule has 0 bridgehead atoms. The summed E-state index contributed by atoms with van der Waals surface area (Å²) in [5.41, 5.74) is 1.80. The summed E-state index contributed by atoms with van der Waals surface area (Å²) < 4.78 is 5.39. The number of carbonyl (C=O) groups is 1. The zero-order chi connectivity index (χ0) is 12.3. The summed E-state index contributed by atoms with van der Waals surface area (Å²) in [6, 6.07) is 7.59. The largest absolute Gasteiger partial charge is 0.378 e. The lowest BCUT2D eigenvalue weighted by Gasteiger charge is -2.14. The van der Waals surface area contributed by atoms with Crippen molar-refractivity contribution < 1.29 is 9.53 Å². The molecular formula is C13H16ClNO2. The van der Waals surface area contributed by atoms with Crippen molar-refractivity contribution >= 4 is 23.2 Å². The number of hydrogen-bond acceptors (Lipinski definition) is 2. The predicted molar refractivity (Wildman–Crippen MR) is 68.1 cm³/mol. The van der Waals surface area contributed by atoms with Gasteiger partial charge in [0.25, 0.3) is 0 Å². The first kappa shape index (κ1) is 12.4. The molecule has 0 radical (unpaired) electrons. The Morgan fingerprint density at radius 3 is 3.06 bits per heavy atom. The first-order chi connectivity index (χ1) is 8.20. The fraction of sp³-hybridized carbons (Fsp3) is 0.462. The molecule has 1 aromatic rings. The van der Waals surface area contributed by atoms with Crippen molar-refractivity contribution in [1.82, 2.24) is 0 Å². The maximum atomic E-state index is 12.0. The van der Waals surface area contributed by atoms with Crippen molar-refractivity contribution in [3.05, 3.63) is 29.8 Å². The van der Waals surface area contributed by atoms with Crippen LogP contribution in [0.4, 0.5) is 5.69 Å². The molecule has 1 fully saturated rings. The number of ether oxygens (including phenoxy) is 1. The van der Waals surface area contributed by atoms with Gasteiger partial charge in [-0.05, 0) is 31.0 Å². The molecule has 1 amide bonds. The molecule has 0 spiro atoms. The van der Waals surface area contributed by atoms with E-state index in [0.29, 0.717) is 12.5 Å². The summed E-state index contributed by atoms with van der Waals surface area (Å²) in [5.74, 6) is 0.434. The van der Waals surface area contributed by atoms with Crippen LogP contribution in [-0.2, 0) is 15.4 Å². The zero-order valence-corrected chi connectivity index (χ0v) is 10.5. The minimum Gasteiger partial charge on any atom is -0.378 e. The van der Waals surface area contributed by atoms with Crippen molar-refractivity contribution in [3.8, 4) is 0 Å². The first-order valence-corrected chi connectivity index (χ1v) is 6.31. The zero-order valence-electron chi connectivity index (χ0n) is 9.78. The Bertz CT molecular complexity index is 408. The molecule has 1 saturated heterocycles. The number of benzene rings is 1. The van der Waals surface area contributed by atoms with Crippen molar-refractivity contribution in [2.45, 2.75) is 25.3 Å². The lowest BCUT2D eigenvalue weighted by molar-refractivity contribution is -0.121. The highest BCUT2D eigenvalue weighted by atomic mass is 35.5. The highest BCUT2D eigenvalue weighted by molar-refractivity contribution is 6.17. The predicted octanol–water partition coefficient (Wildman–Crippen LogP) is 2.79. The van der Waals surface area contributed by atoms with E-state index < -0.39 is 0 Å². The van der Waals surface area contributed by atoms with Crippen molar-refractivity contribution in [3.63, 3.8) is 0 Å². The third-order valence-electron chi connectivity index (χ3n) is 3.06. The number of carbonyl (C=O) groups excluding carboxylic acids is 1. The molecular weight excluding hydrogens is 238 g/mol. The second-order valence-electron chi connectivity index (χ2n) is 4.29. The molecule has 4 heteroatoms. The highest BCUT2D eigenvalue weighted by Gasteiger charge is 2.30. The van der Waals surface area contributed by atoms with E-state index >= 15 is 0 Å². The van der Waals surface area contributed by atoms with Gasteiger partial charge in [-0.25, -0.2) is 0 Å². The molecule has 3 nitrogen and oxygen atoms in total. The van der Waals surface area contributed by atoms with Crippen LogP contribution in [0.1, 0.15) is 18.9 Å². The fourth-order valence-corrected chi connectivity index (χ4v) is 2.21. The Labute approximate surface area is 106 Å². The molecule has 92 valence electrons. The minimum absolute atomic E-state index is 0.00575. The summed E-state index contributed by atoms with van der Waals surface area (Å²) >= 11 is 5.75. The lowest BCUT2D eigenvalue weighted by Crippen LogP contribution is -2.27. The average Bonchev–Trinajstić information content (AvgIpc) is 2.76. The summed E-state index contributed by atoms with van der Waals surface area (Å²) in [6.45, 7) is 2.60. The Morgan fingerprint density at radius 2 is 2.41 bits per heavy atom. The van der Waals surface area contributed by atoms with Crippen LogP contribution < -0.4 is 5.32 Å². The van der Waals surface area contributed by atoms with Crippen LogP contribution in [0.15, 0.2) is 24.3 Å². The fourth-order valence-electron chi connectivity index (χ4n) is 2.04. The van der Waals surface area contributed by atoms with Gasteiger partial charge in [0, 0.05) is 18.2 Å². The molecule has 2 rings (SSSR count). The van der Waals surface area contributed by atoms with Crippen LogP contribution in [0.25, 0.3) is 0 Å². The van der Waals surface area contributed by atoms with Gasteiger partial charge >= 0.3 is 0 Å². The molecule has 1 aliphatic rings. The molecule has 1 N–H and O–H groups in total. The molecule has 1 aromatic carbocycles. The molecule has 1 heterocycles. The van der Waals surface area contributed by atoms with Gasteiger partial charge in [-0.2, -0.15) is 0 Å². The number of nitrogens with one attached hydrogen (secondary N) is 1. The van der Waals surface area contributed by atoms with Gasteiger partial charge in [0.1, 0.15) is 0 Å². The van der Waals surface area contributed by atoms with Crippen LogP contribution in [0, 0.1) is 5.92 Å². The summed E-state index contributed by atoms with van der Waals surface area (Å²) in [7, 11) is 0. The van der Waals surface area contributed by atoms with Gasteiger partial charge in [0.15, 0.2) is 0 Å². The number of alkyl halides is 1. The number of rotatable bonds is 3. The molecule has 1 aliphatic heterocycles. The SMILES string of the molecule is CC1OCCC1C(=O)Nc1cccc(CCl)c1. The van der Waals surface area contributed by atoms with E-state index in [-0.39, 0.29) is 17.9 Å². The van der Waals surface area contributed by atoms with E-state index in [4.69, 9.17) is 16.3 Å². The topological polar surface area (TPSA) is 38.3 Å². The van der Waals surface area contributed by atoms with Crippen LogP contribution in [0.2, 0.25) is 0 Å². The molecule has 0 aliphatic carbocycles. The monoisotopic (exact) mass is 253 g/mol. The maximum Gasteiger partial charge on any atom is 0.230 e. The lowest BCUT2D eigenvalue weighted by atomic mass is 10.0. The van der Waals surface area contributed by atoms with Crippen LogP contribution in [0.5, 0.6) is 0 Å². The van der Waals surface area contributed by atoms with E-state index in [0.717, 1.165) is 17.7 Å². The first-order valence-electron chi connectivity index (χ1n) is 5.78. The molecule has 0 aromatic heterocycles. The van der Waals surface area contributed by atoms with E-state index in [9.17, 15) is 4.79 Å². The Morgan fingerprint density at radius 1 is 1.59 bits per heavy atom. The van der Waals surface area contributed by atoms with Crippen LogP contribution in [-0.4, -0.2) is 18.6 Å². The second kappa shape index (κ2) is 5.52. The minimum atomic E-state index is -0.0466. The third-order valence-corrected chi connectivity index (χ3v) is 3.37. The molecule has 0 saturated carbocycles. The van der Waals surface area contributed by atoms with Crippen molar-refractivity contribution in [2.75, 3.05) is 11.9 Å². The molecule has 2 atom stereocenters. The third kappa shape index (κ3) is 2.99. The van der Waals surface area contributed by atoms with Crippen molar-refractivity contribution in [2.24, 2.45) is 5.92 Å². The van der Waals surface area contributed by atoms with Gasteiger partial charge in [0.2, 0.25) is 5.91 Å². The number of anilines is 1. The Kier molecular flexibility index (Phi) is 4.02. The van der Waals surface area contributed by atoms with E-state index in [1.54, 1.807) is 0 Å². The average molecular weight is 254 g/mol. The van der Waals surface area contributed by atoms with Gasteiger partial charge < -0.3 is 10.1 Å². The number of amides is 1.